The van der Waals surface area contributed by atoms with Gasteiger partial charge in [0.25, 0.3) is 0 Å². The van der Waals surface area contributed by atoms with Crippen LogP contribution in [0.2, 0.25) is 0 Å². The van der Waals surface area contributed by atoms with E-state index in [4.69, 9.17) is 9.47 Å². The minimum atomic E-state index is -0.515. The third-order valence-corrected chi connectivity index (χ3v) is 1.58. The van der Waals surface area contributed by atoms with E-state index in [0.717, 1.165) is 0 Å². The van der Waals surface area contributed by atoms with Gasteiger partial charge in [0, 0.05) is 19.5 Å². The number of carbonyl (C=O) groups is 2. The molecule has 0 saturated carbocycles. The normalized spacial score (nSPS) is 11.7. The number of nitrogens with one attached hydrogen (secondary N) is 2. The number of ether oxygens (including phenoxy) is 2. The summed E-state index contributed by atoms with van der Waals surface area (Å²) in [4.78, 5) is 22.6. The van der Waals surface area contributed by atoms with Crippen molar-refractivity contribution >= 4 is 12.2 Å². The molecule has 19 heavy (non-hydrogen) atoms. The molecular weight excluding hydrogens is 248 g/mol. The number of carbonyl (C=O) groups excluding carboxylic acids is 2. The summed E-state index contributed by atoms with van der Waals surface area (Å²) >= 11 is 0. The molecule has 0 spiro atoms. The van der Waals surface area contributed by atoms with Crippen molar-refractivity contribution in [3.8, 4) is 0 Å². The van der Waals surface area contributed by atoms with Crippen molar-refractivity contribution in [3.05, 3.63) is 6.42 Å². The lowest BCUT2D eigenvalue weighted by Gasteiger charge is -2.20. The van der Waals surface area contributed by atoms with Crippen molar-refractivity contribution in [2.24, 2.45) is 0 Å². The minimum absolute atomic E-state index is 0.310. The summed E-state index contributed by atoms with van der Waals surface area (Å²) < 4.78 is 10.1. The van der Waals surface area contributed by atoms with Crippen LogP contribution in [0.3, 0.4) is 0 Å². The van der Waals surface area contributed by atoms with Crippen LogP contribution >= 0.6 is 0 Å². The van der Waals surface area contributed by atoms with E-state index in [0.29, 0.717) is 13.1 Å². The van der Waals surface area contributed by atoms with E-state index in [2.05, 4.69) is 10.6 Å². The minimum Gasteiger partial charge on any atom is -0.444 e. The summed E-state index contributed by atoms with van der Waals surface area (Å²) in [6.07, 6.45) is 0.732. The first-order valence-corrected chi connectivity index (χ1v) is 6.25. The lowest BCUT2D eigenvalue weighted by Crippen LogP contribution is -2.36. The molecule has 0 rings (SSSR count). The Morgan fingerprint density at radius 3 is 1.42 bits per heavy atom. The van der Waals surface area contributed by atoms with Gasteiger partial charge in [0.05, 0.1) is 0 Å². The summed E-state index contributed by atoms with van der Waals surface area (Å²) in [5.41, 5.74) is -1.03. The second kappa shape index (κ2) is 7.21. The number of rotatable bonds is 4. The van der Waals surface area contributed by atoms with Gasteiger partial charge in [-0.3, -0.25) is 0 Å². The molecule has 1 radical (unpaired) electrons. The van der Waals surface area contributed by atoms with Crippen molar-refractivity contribution in [1.29, 1.82) is 0 Å². The van der Waals surface area contributed by atoms with Gasteiger partial charge in [0.1, 0.15) is 11.2 Å². The predicted octanol–water partition coefficient (Wildman–Crippen LogP) is 2.24. The van der Waals surface area contributed by atoms with Crippen LogP contribution in [0, 0.1) is 6.42 Å². The van der Waals surface area contributed by atoms with E-state index in [1.807, 2.05) is 0 Å². The van der Waals surface area contributed by atoms with Crippen molar-refractivity contribution in [1.82, 2.24) is 10.6 Å². The number of alkyl carbamates (subject to hydrolysis) is 2. The molecule has 0 aromatic heterocycles. The van der Waals surface area contributed by atoms with Crippen LogP contribution in [0.15, 0.2) is 0 Å². The number of hydrogen-bond donors (Lipinski definition) is 2. The Balaban J connectivity index is 3.61. The lowest BCUT2D eigenvalue weighted by molar-refractivity contribution is 0.0530. The van der Waals surface area contributed by atoms with Crippen LogP contribution in [0.1, 0.15) is 41.5 Å². The van der Waals surface area contributed by atoms with Crippen LogP contribution in [-0.2, 0) is 9.47 Å². The van der Waals surface area contributed by atoms with Gasteiger partial charge < -0.3 is 20.1 Å². The van der Waals surface area contributed by atoms with E-state index in [1.165, 1.54) is 0 Å². The molecule has 0 heterocycles. The smallest absolute Gasteiger partial charge is 0.407 e. The SMILES string of the molecule is CC(C)(C)OC(=O)NC[CH]CNC(=O)OC(C)(C)C. The molecule has 0 aliphatic rings. The maximum absolute atomic E-state index is 11.3. The molecule has 6 heteroatoms. The predicted molar refractivity (Wildman–Crippen MR) is 72.8 cm³/mol. The first-order chi connectivity index (χ1) is 8.49. The van der Waals surface area contributed by atoms with Gasteiger partial charge in [-0.15, -0.1) is 0 Å². The average molecular weight is 273 g/mol. The van der Waals surface area contributed by atoms with E-state index >= 15 is 0 Å². The van der Waals surface area contributed by atoms with E-state index in [1.54, 1.807) is 48.0 Å². The zero-order valence-electron chi connectivity index (χ0n) is 12.6. The number of hydrogen-bond acceptors (Lipinski definition) is 4. The molecule has 0 aromatic rings. The summed E-state index contributed by atoms with van der Waals surface area (Å²) in [5, 5.41) is 5.10. The molecule has 0 fully saturated rings. The van der Waals surface area contributed by atoms with Crippen LogP contribution in [0.5, 0.6) is 0 Å². The lowest BCUT2D eigenvalue weighted by atomic mass is 10.2. The highest BCUT2D eigenvalue weighted by Crippen LogP contribution is 2.06. The van der Waals surface area contributed by atoms with Gasteiger partial charge in [0.15, 0.2) is 0 Å². The molecule has 6 nitrogen and oxygen atoms in total. The van der Waals surface area contributed by atoms with Gasteiger partial charge in [-0.05, 0) is 41.5 Å². The summed E-state index contributed by atoms with van der Waals surface area (Å²) in [6, 6.07) is 0. The Bertz CT molecular complexity index is 273. The second-order valence-corrected chi connectivity index (χ2v) is 6.05. The summed E-state index contributed by atoms with van der Waals surface area (Å²) in [5.74, 6) is 0. The highest BCUT2D eigenvalue weighted by atomic mass is 16.6. The van der Waals surface area contributed by atoms with Crippen molar-refractivity contribution < 1.29 is 19.1 Å². The van der Waals surface area contributed by atoms with Gasteiger partial charge in [-0.25, -0.2) is 9.59 Å². The summed E-state index contributed by atoms with van der Waals surface area (Å²) in [6.45, 7) is 11.4. The maximum atomic E-state index is 11.3. The van der Waals surface area contributed by atoms with Gasteiger partial charge in [-0.2, -0.15) is 0 Å². The van der Waals surface area contributed by atoms with Crippen LogP contribution in [-0.4, -0.2) is 36.5 Å². The van der Waals surface area contributed by atoms with Gasteiger partial charge >= 0.3 is 12.2 Å². The molecule has 0 bridgehead atoms. The van der Waals surface area contributed by atoms with Crippen LogP contribution in [0.4, 0.5) is 9.59 Å². The molecule has 111 valence electrons. The zero-order valence-corrected chi connectivity index (χ0v) is 12.6. The van der Waals surface area contributed by atoms with E-state index in [-0.39, 0.29) is 0 Å². The Hall–Kier alpha value is -1.46. The number of amides is 2. The third kappa shape index (κ3) is 12.8. The molecule has 0 aliphatic carbocycles. The maximum Gasteiger partial charge on any atom is 0.407 e. The Labute approximate surface area is 115 Å². The molecule has 2 amide bonds. The Morgan fingerprint density at radius 1 is 0.842 bits per heavy atom. The summed E-state index contributed by atoms with van der Waals surface area (Å²) in [7, 11) is 0. The fraction of sp³-hybridized carbons (Fsp3) is 0.769. The monoisotopic (exact) mass is 273 g/mol. The molecular formula is C13H25N2O4. The van der Waals surface area contributed by atoms with Gasteiger partial charge in [0.2, 0.25) is 0 Å². The highest BCUT2D eigenvalue weighted by molar-refractivity contribution is 5.68. The second-order valence-electron chi connectivity index (χ2n) is 6.05. The van der Waals surface area contributed by atoms with E-state index in [9.17, 15) is 9.59 Å². The molecule has 0 unspecified atom stereocenters. The van der Waals surface area contributed by atoms with Crippen LogP contribution in [0.25, 0.3) is 0 Å². The van der Waals surface area contributed by atoms with Gasteiger partial charge in [-0.1, -0.05) is 0 Å². The quantitative estimate of drug-likeness (QED) is 0.770. The largest absolute Gasteiger partial charge is 0.444 e. The Kier molecular flexibility index (Phi) is 6.65. The first-order valence-electron chi connectivity index (χ1n) is 6.25. The molecule has 0 aromatic carbocycles. The molecule has 0 saturated heterocycles. The van der Waals surface area contributed by atoms with Crippen LogP contribution < -0.4 is 10.6 Å². The topological polar surface area (TPSA) is 76.7 Å². The van der Waals surface area contributed by atoms with E-state index < -0.39 is 23.4 Å². The molecule has 0 atom stereocenters. The standard InChI is InChI=1S/C13H25N2O4/c1-12(2,3)18-10(16)14-8-7-9-15-11(17)19-13(4,5)6/h7H,8-9H2,1-6H3,(H,14,16)(H,15,17). The van der Waals surface area contributed by atoms with Crippen molar-refractivity contribution in [2.75, 3.05) is 13.1 Å². The van der Waals surface area contributed by atoms with Crippen molar-refractivity contribution in [3.63, 3.8) is 0 Å². The fourth-order valence-electron chi connectivity index (χ4n) is 1.01. The molecule has 0 aliphatic heterocycles. The Morgan fingerprint density at radius 2 is 1.16 bits per heavy atom. The average Bonchev–Trinajstić information content (AvgIpc) is 2.10. The third-order valence-electron chi connectivity index (χ3n) is 1.58. The first kappa shape index (κ1) is 17.5. The molecule has 2 N–H and O–H groups in total. The van der Waals surface area contributed by atoms with Crippen molar-refractivity contribution in [2.45, 2.75) is 52.7 Å². The highest BCUT2D eigenvalue weighted by Gasteiger charge is 2.16. The zero-order chi connectivity index (χ0) is 15.1. The fourth-order valence-corrected chi connectivity index (χ4v) is 1.01.